The predicted octanol–water partition coefficient (Wildman–Crippen LogP) is 0.805. The van der Waals surface area contributed by atoms with Gasteiger partial charge in [0, 0.05) is 18.7 Å². The second kappa shape index (κ2) is 13.1. The van der Waals surface area contributed by atoms with Gasteiger partial charge >= 0.3 is 0 Å². The number of benzene rings is 1. The quantitative estimate of drug-likeness (QED) is 0.278. The Balaban J connectivity index is 0.000000648. The first-order chi connectivity index (χ1) is 11.5. The van der Waals surface area contributed by atoms with E-state index in [1.165, 1.54) is 13.5 Å². The van der Waals surface area contributed by atoms with E-state index in [4.69, 9.17) is 16.4 Å². The number of hydrogen-bond acceptors (Lipinski definition) is 7. The lowest BCUT2D eigenvalue weighted by molar-refractivity contribution is -0.126. The maximum atomic E-state index is 12.2. The van der Waals surface area contributed by atoms with Crippen molar-refractivity contribution in [3.63, 3.8) is 0 Å². The molecule has 0 spiro atoms. The fourth-order valence-electron chi connectivity index (χ4n) is 2.11. The van der Waals surface area contributed by atoms with Crippen molar-refractivity contribution in [2.45, 2.75) is 19.3 Å². The second-order valence-electron chi connectivity index (χ2n) is 5.13. The molecule has 1 aromatic rings. The number of hydrogen-bond donors (Lipinski definition) is 4. The summed E-state index contributed by atoms with van der Waals surface area (Å²) >= 11 is 0. The molecule has 1 heterocycles. The minimum Gasteiger partial charge on any atom is -0.471 e. The highest BCUT2D eigenvalue weighted by Gasteiger charge is 2.18. The number of hydrazine groups is 1. The van der Waals surface area contributed by atoms with E-state index in [0.717, 1.165) is 25.9 Å². The van der Waals surface area contributed by atoms with E-state index in [0.29, 0.717) is 23.4 Å². The molecule has 0 radical (unpaired) electrons. The van der Waals surface area contributed by atoms with Gasteiger partial charge in [-0.1, -0.05) is 0 Å². The Kier molecular flexibility index (Phi) is 11.9. The average Bonchev–Trinajstić information content (AvgIpc) is 2.62. The molecule has 0 unspecified atom stereocenters. The zero-order valence-electron chi connectivity index (χ0n) is 14.7. The normalized spacial score (nSPS) is 12.8. The Bertz CT molecular complexity index is 491. The summed E-state index contributed by atoms with van der Waals surface area (Å²) in [6.07, 6.45) is 3.38. The third-order valence-corrected chi connectivity index (χ3v) is 3.19. The van der Waals surface area contributed by atoms with Gasteiger partial charge in [-0.05, 0) is 51.6 Å². The molecule has 0 atom stereocenters. The van der Waals surface area contributed by atoms with E-state index in [1.807, 2.05) is 19.0 Å². The van der Waals surface area contributed by atoms with Gasteiger partial charge in [-0.15, -0.1) is 0 Å². The fourth-order valence-corrected chi connectivity index (χ4v) is 2.11. The van der Waals surface area contributed by atoms with E-state index >= 15 is 0 Å². The highest BCUT2D eigenvalue weighted by atomic mass is 16.5. The van der Waals surface area contributed by atoms with Gasteiger partial charge in [-0.2, -0.15) is 0 Å². The summed E-state index contributed by atoms with van der Waals surface area (Å²) < 4.78 is 3.86. The van der Waals surface area contributed by atoms with Crippen LogP contribution in [0.15, 0.2) is 18.2 Å². The first kappa shape index (κ1) is 21.7. The number of carbonyl (C=O) groups excluding carboxylic acids is 2. The van der Waals surface area contributed by atoms with Crippen LogP contribution in [0.3, 0.4) is 0 Å². The van der Waals surface area contributed by atoms with Crippen LogP contribution in [0, 0.1) is 0 Å². The highest BCUT2D eigenvalue weighted by molar-refractivity contribution is 5.96. The lowest BCUT2D eigenvalue weighted by Gasteiger charge is -2.26. The Morgan fingerprint density at radius 1 is 1.25 bits per heavy atom. The number of anilines is 2. The monoisotopic (exact) mass is 339 g/mol. The summed E-state index contributed by atoms with van der Waals surface area (Å²) in [5.74, 6) is 5.35. The molecule has 1 aromatic carbocycles. The van der Waals surface area contributed by atoms with Crippen LogP contribution in [0.25, 0.3) is 0 Å². The number of piperidine rings is 1. The number of nitrogens with two attached hydrogens (primary N) is 2. The molecular formula is C16H29N5O3. The minimum absolute atomic E-state index is 0.0555. The SMILES string of the molecule is CNC.COC=O.NNc1ccc(C(=O)N2CCCCC2)cc1N. The number of carbonyl (C=O) groups is 2. The van der Waals surface area contributed by atoms with Gasteiger partial charge in [0.1, 0.15) is 0 Å². The minimum atomic E-state index is 0.0555. The van der Waals surface area contributed by atoms with Crippen molar-refractivity contribution in [3.05, 3.63) is 23.8 Å². The second-order valence-corrected chi connectivity index (χ2v) is 5.13. The predicted molar refractivity (Wildman–Crippen MR) is 96.5 cm³/mol. The molecule has 1 aliphatic heterocycles. The van der Waals surface area contributed by atoms with Crippen molar-refractivity contribution < 1.29 is 14.3 Å². The Hall–Kier alpha value is -2.32. The van der Waals surface area contributed by atoms with Crippen LogP contribution in [0.1, 0.15) is 29.6 Å². The van der Waals surface area contributed by atoms with Crippen LogP contribution in [-0.4, -0.2) is 51.6 Å². The maximum Gasteiger partial charge on any atom is 0.292 e. The molecule has 0 saturated carbocycles. The summed E-state index contributed by atoms with van der Waals surface area (Å²) in [4.78, 5) is 23.0. The van der Waals surface area contributed by atoms with Crippen molar-refractivity contribution in [2.75, 3.05) is 45.5 Å². The topological polar surface area (TPSA) is 123 Å². The molecule has 6 N–H and O–H groups in total. The van der Waals surface area contributed by atoms with E-state index in [-0.39, 0.29) is 5.91 Å². The van der Waals surface area contributed by atoms with Crippen LogP contribution in [0.5, 0.6) is 0 Å². The van der Waals surface area contributed by atoms with E-state index in [1.54, 1.807) is 18.2 Å². The number of methoxy groups -OCH3 is 1. The molecule has 0 aromatic heterocycles. The van der Waals surface area contributed by atoms with Crippen LogP contribution in [0.4, 0.5) is 11.4 Å². The molecule has 0 aliphatic carbocycles. The first-order valence-corrected chi connectivity index (χ1v) is 7.76. The molecule has 8 heteroatoms. The van der Waals surface area contributed by atoms with E-state index in [9.17, 15) is 4.79 Å². The van der Waals surface area contributed by atoms with Gasteiger partial charge in [0.15, 0.2) is 0 Å². The number of likely N-dealkylation sites (tertiary alicyclic amines) is 1. The highest BCUT2D eigenvalue weighted by Crippen LogP contribution is 2.20. The first-order valence-electron chi connectivity index (χ1n) is 7.76. The van der Waals surface area contributed by atoms with Crippen LogP contribution < -0.4 is 22.3 Å². The summed E-state index contributed by atoms with van der Waals surface area (Å²) in [6.45, 7) is 2.06. The summed E-state index contributed by atoms with van der Waals surface area (Å²) in [7, 11) is 5.06. The molecule has 136 valence electrons. The third kappa shape index (κ3) is 7.80. The van der Waals surface area contributed by atoms with Gasteiger partial charge < -0.3 is 26.1 Å². The molecule has 1 amide bonds. The molecular weight excluding hydrogens is 310 g/mol. The molecule has 0 bridgehead atoms. The molecule has 8 nitrogen and oxygen atoms in total. The van der Waals surface area contributed by atoms with Crippen molar-refractivity contribution in [2.24, 2.45) is 5.84 Å². The van der Waals surface area contributed by atoms with Crippen molar-refractivity contribution in [1.29, 1.82) is 0 Å². The third-order valence-electron chi connectivity index (χ3n) is 3.19. The molecule has 2 rings (SSSR count). The number of nitrogen functional groups attached to an aromatic ring is 2. The van der Waals surface area contributed by atoms with Crippen molar-refractivity contribution in [3.8, 4) is 0 Å². The number of nitrogens with one attached hydrogen (secondary N) is 2. The largest absolute Gasteiger partial charge is 0.471 e. The number of ether oxygens (including phenoxy) is 1. The van der Waals surface area contributed by atoms with Gasteiger partial charge in [-0.25, -0.2) is 0 Å². The van der Waals surface area contributed by atoms with Gasteiger partial charge in [0.2, 0.25) is 0 Å². The average molecular weight is 339 g/mol. The Morgan fingerprint density at radius 2 is 1.79 bits per heavy atom. The van der Waals surface area contributed by atoms with Crippen molar-refractivity contribution in [1.82, 2.24) is 10.2 Å². The summed E-state index contributed by atoms with van der Waals surface area (Å²) in [5.41, 5.74) is 10.0. The van der Waals surface area contributed by atoms with Gasteiger partial charge in [0.05, 0.1) is 18.5 Å². The van der Waals surface area contributed by atoms with E-state index < -0.39 is 0 Å². The maximum absolute atomic E-state index is 12.2. The fraction of sp³-hybridized carbons (Fsp3) is 0.500. The lowest BCUT2D eigenvalue weighted by Crippen LogP contribution is -2.35. The Labute approximate surface area is 143 Å². The zero-order valence-corrected chi connectivity index (χ0v) is 14.7. The number of rotatable bonds is 3. The van der Waals surface area contributed by atoms with Crippen LogP contribution in [-0.2, 0) is 9.53 Å². The molecule has 1 fully saturated rings. The Morgan fingerprint density at radius 3 is 2.21 bits per heavy atom. The number of nitrogens with zero attached hydrogens (tertiary/aromatic N) is 1. The van der Waals surface area contributed by atoms with E-state index in [2.05, 4.69) is 15.5 Å². The van der Waals surface area contributed by atoms with Crippen molar-refractivity contribution >= 4 is 23.8 Å². The standard InChI is InChI=1S/C12H18N4O.C2H7N.C2H4O2/c13-10-8-9(4-5-11(10)15-14)12(17)16-6-2-1-3-7-16;1-3-2;1-4-2-3/h4-5,8,15H,1-3,6-7,13-14H2;3H,1-2H3;2H,1H3. The summed E-state index contributed by atoms with van der Waals surface area (Å²) in [6, 6.07) is 5.15. The summed E-state index contributed by atoms with van der Waals surface area (Å²) in [5, 5.41) is 2.75. The van der Waals surface area contributed by atoms with Gasteiger partial charge in [-0.3, -0.25) is 15.4 Å². The smallest absolute Gasteiger partial charge is 0.292 e. The van der Waals surface area contributed by atoms with Crippen LogP contribution in [0.2, 0.25) is 0 Å². The van der Waals surface area contributed by atoms with Crippen LogP contribution >= 0.6 is 0 Å². The lowest BCUT2D eigenvalue weighted by atomic mass is 10.1. The number of amides is 1. The van der Waals surface area contributed by atoms with Gasteiger partial charge in [0.25, 0.3) is 12.4 Å². The molecule has 1 saturated heterocycles. The molecule has 1 aliphatic rings. The molecule has 24 heavy (non-hydrogen) atoms. The zero-order chi connectivity index (χ0) is 18.4.